The molecule has 6 aliphatic rings. The van der Waals surface area contributed by atoms with Crippen molar-refractivity contribution in [1.29, 1.82) is 5.26 Å². The molecule has 0 amide bonds. The number of Topliss-reactive ketones (excluding diaryl/α,β-unsaturated/α-hetero) is 1. The Labute approximate surface area is 198 Å². The summed E-state index contributed by atoms with van der Waals surface area (Å²) in [6.07, 6.45) is 8.39. The van der Waals surface area contributed by atoms with Gasteiger partial charge in [0, 0.05) is 12.0 Å². The molecule has 4 unspecified atom stereocenters. The van der Waals surface area contributed by atoms with Crippen molar-refractivity contribution in [2.45, 2.75) is 108 Å². The minimum absolute atomic E-state index is 0.00255. The zero-order valence-electron chi connectivity index (χ0n) is 20.6. The van der Waals surface area contributed by atoms with Crippen LogP contribution in [0.3, 0.4) is 0 Å². The van der Waals surface area contributed by atoms with Crippen molar-refractivity contribution < 1.29 is 14.3 Å². The molecule has 5 aliphatic carbocycles. The molecule has 0 spiro atoms. The number of halogens is 1. The minimum Gasteiger partial charge on any atom is -0.390 e. The zero-order chi connectivity index (χ0) is 23.3. The number of carbonyl (C=O) groups excluding carboxylic acids is 1. The van der Waals surface area contributed by atoms with Crippen LogP contribution >= 0.6 is 0 Å². The van der Waals surface area contributed by atoms with Crippen LogP contribution in [-0.4, -0.2) is 45.7 Å². The summed E-state index contributed by atoms with van der Waals surface area (Å²) in [6, 6.07) is 2.79. The SMILES string of the molecule is CC1C2C[C@H](C#N)N(CC(=O)[C@H]3CC[C@H]4[C@@H]5CC[C@@H]6C[C@](C)(O)CC[C@]6(F)C5CC[C@]34C)C12. The first-order chi connectivity index (χ1) is 15.6. The molecule has 0 aromatic carbocycles. The van der Waals surface area contributed by atoms with E-state index in [1.165, 1.54) is 0 Å². The lowest BCUT2D eigenvalue weighted by Gasteiger charge is -2.59. The Balaban J connectivity index is 1.18. The maximum absolute atomic E-state index is 16.6. The maximum atomic E-state index is 16.6. The fourth-order valence-corrected chi connectivity index (χ4v) is 10.2. The predicted molar refractivity (Wildman–Crippen MR) is 124 cm³/mol. The number of hydrogen-bond acceptors (Lipinski definition) is 4. The van der Waals surface area contributed by atoms with Crippen molar-refractivity contribution in [1.82, 2.24) is 4.90 Å². The molecule has 0 aromatic rings. The fourth-order valence-electron chi connectivity index (χ4n) is 10.2. The molecular weight excluding hydrogens is 415 g/mol. The number of likely N-dealkylation sites (tertiary alicyclic amines) is 1. The topological polar surface area (TPSA) is 64.3 Å². The average molecular weight is 457 g/mol. The van der Waals surface area contributed by atoms with Gasteiger partial charge in [0.15, 0.2) is 5.78 Å². The van der Waals surface area contributed by atoms with E-state index in [4.69, 9.17) is 0 Å². The van der Waals surface area contributed by atoms with Crippen LogP contribution in [0.15, 0.2) is 0 Å². The molecule has 6 fully saturated rings. The van der Waals surface area contributed by atoms with E-state index >= 15 is 4.39 Å². The summed E-state index contributed by atoms with van der Waals surface area (Å²) in [5.41, 5.74) is -1.85. The standard InChI is InChI=1S/C28H41FN2O2/c1-16-20-12-18(14-30)31(25(16)20)15-24(32)23-7-6-21-19-5-4-17-13-26(2,33)10-11-28(17,29)22(19)8-9-27(21,23)3/h16-23,25,33H,4-13,15H2,1-3H3/t16?,17-,18-,19+,20?,21+,22?,23-,25?,26-,27+,28-/m1/s1. The van der Waals surface area contributed by atoms with Crippen molar-refractivity contribution in [3.8, 4) is 6.07 Å². The van der Waals surface area contributed by atoms with Crippen LogP contribution in [-0.2, 0) is 4.79 Å². The summed E-state index contributed by atoms with van der Waals surface area (Å²) >= 11 is 0. The van der Waals surface area contributed by atoms with Crippen LogP contribution in [0.2, 0.25) is 0 Å². The largest absolute Gasteiger partial charge is 0.390 e. The smallest absolute Gasteiger partial charge is 0.150 e. The van der Waals surface area contributed by atoms with Gasteiger partial charge in [0.25, 0.3) is 0 Å². The Morgan fingerprint density at radius 2 is 1.88 bits per heavy atom. The Kier molecular flexibility index (Phi) is 4.95. The maximum Gasteiger partial charge on any atom is 0.150 e. The number of aliphatic hydroxyl groups is 1. The van der Waals surface area contributed by atoms with Gasteiger partial charge < -0.3 is 5.11 Å². The first-order valence-corrected chi connectivity index (χ1v) is 13.7. The van der Waals surface area contributed by atoms with Crippen LogP contribution in [0.5, 0.6) is 0 Å². The van der Waals surface area contributed by atoms with E-state index in [9.17, 15) is 15.2 Å². The molecule has 1 aliphatic heterocycles. The summed E-state index contributed by atoms with van der Waals surface area (Å²) in [4.78, 5) is 15.9. The molecule has 182 valence electrons. The van der Waals surface area contributed by atoms with Crippen molar-refractivity contribution in [2.75, 3.05) is 6.54 Å². The van der Waals surface area contributed by atoms with E-state index in [2.05, 4.69) is 24.8 Å². The van der Waals surface area contributed by atoms with Crippen LogP contribution < -0.4 is 0 Å². The highest BCUT2D eigenvalue weighted by Gasteiger charge is 2.64. The number of nitriles is 1. The van der Waals surface area contributed by atoms with E-state index in [-0.39, 0.29) is 29.2 Å². The molecule has 0 aromatic heterocycles. The molecule has 33 heavy (non-hydrogen) atoms. The minimum atomic E-state index is -1.12. The third-order valence-corrected chi connectivity index (χ3v) is 12.0. The first-order valence-electron chi connectivity index (χ1n) is 13.7. The van der Waals surface area contributed by atoms with Gasteiger partial charge in [0.05, 0.1) is 24.3 Å². The number of carbonyl (C=O) groups is 1. The number of rotatable bonds is 3. The van der Waals surface area contributed by atoms with Crippen molar-refractivity contribution in [3.63, 3.8) is 0 Å². The monoisotopic (exact) mass is 456 g/mol. The number of alkyl halides is 1. The fraction of sp³-hybridized carbons (Fsp3) is 0.929. The third kappa shape index (κ3) is 3.15. The summed E-state index contributed by atoms with van der Waals surface area (Å²) in [6.45, 7) is 6.91. The molecule has 12 atom stereocenters. The molecule has 0 bridgehead atoms. The lowest BCUT2D eigenvalue weighted by molar-refractivity contribution is -0.166. The second-order valence-corrected chi connectivity index (χ2v) is 13.5. The van der Waals surface area contributed by atoms with E-state index in [1.807, 2.05) is 6.92 Å². The van der Waals surface area contributed by atoms with Crippen LogP contribution in [0.25, 0.3) is 0 Å². The van der Waals surface area contributed by atoms with E-state index in [0.29, 0.717) is 61.3 Å². The van der Waals surface area contributed by atoms with Crippen molar-refractivity contribution in [3.05, 3.63) is 0 Å². The molecular formula is C28H41FN2O2. The lowest BCUT2D eigenvalue weighted by atomic mass is 9.48. The summed E-state index contributed by atoms with van der Waals surface area (Å²) in [5, 5.41) is 20.2. The van der Waals surface area contributed by atoms with Crippen molar-refractivity contribution in [2.24, 2.45) is 46.8 Å². The molecule has 5 heteroatoms. The Morgan fingerprint density at radius 3 is 2.64 bits per heavy atom. The van der Waals surface area contributed by atoms with Gasteiger partial charge in [-0.15, -0.1) is 0 Å². The second kappa shape index (κ2) is 7.26. The molecule has 4 nitrogen and oxygen atoms in total. The van der Waals surface area contributed by atoms with Gasteiger partial charge in [-0.2, -0.15) is 5.26 Å². The third-order valence-electron chi connectivity index (χ3n) is 12.0. The molecule has 0 radical (unpaired) electrons. The Bertz CT molecular complexity index is 884. The summed E-state index contributed by atoms with van der Waals surface area (Å²) in [5.74, 6) is 2.57. The highest BCUT2D eigenvalue weighted by atomic mass is 19.1. The van der Waals surface area contributed by atoms with Crippen LogP contribution in [0.4, 0.5) is 4.39 Å². The molecule has 6 rings (SSSR count). The van der Waals surface area contributed by atoms with Gasteiger partial charge in [-0.3, -0.25) is 9.69 Å². The van der Waals surface area contributed by atoms with Crippen LogP contribution in [0.1, 0.15) is 85.0 Å². The quantitative estimate of drug-likeness (QED) is 0.656. The molecule has 5 saturated carbocycles. The normalized spacial score (nSPS) is 57.4. The predicted octanol–water partition coefficient (Wildman–Crippen LogP) is 4.90. The second-order valence-electron chi connectivity index (χ2n) is 13.5. The zero-order valence-corrected chi connectivity index (χ0v) is 20.6. The lowest BCUT2D eigenvalue weighted by Crippen LogP contribution is -2.58. The number of fused-ring (bicyclic) bond motifs is 6. The van der Waals surface area contributed by atoms with E-state index in [0.717, 1.165) is 44.9 Å². The Morgan fingerprint density at radius 1 is 1.09 bits per heavy atom. The van der Waals surface area contributed by atoms with Gasteiger partial charge in [0.2, 0.25) is 0 Å². The summed E-state index contributed by atoms with van der Waals surface area (Å²) < 4.78 is 16.6. The average Bonchev–Trinajstić information content (AvgIpc) is 3.08. The first kappa shape index (κ1) is 22.5. The number of piperidine rings is 1. The number of hydrogen-bond donors (Lipinski definition) is 1. The van der Waals surface area contributed by atoms with Gasteiger partial charge >= 0.3 is 0 Å². The van der Waals surface area contributed by atoms with Crippen LogP contribution in [0, 0.1) is 58.2 Å². The van der Waals surface area contributed by atoms with E-state index in [1.54, 1.807) is 0 Å². The van der Waals surface area contributed by atoms with E-state index < -0.39 is 11.3 Å². The van der Waals surface area contributed by atoms with Gasteiger partial charge in [-0.25, -0.2) is 4.39 Å². The Hall–Kier alpha value is -0.990. The summed E-state index contributed by atoms with van der Waals surface area (Å²) in [7, 11) is 0. The molecule has 1 heterocycles. The highest BCUT2D eigenvalue weighted by molar-refractivity contribution is 5.84. The number of nitrogens with zero attached hydrogens (tertiary/aromatic N) is 2. The number of ketones is 1. The van der Waals surface area contributed by atoms with Gasteiger partial charge in [-0.1, -0.05) is 13.8 Å². The highest BCUT2D eigenvalue weighted by Crippen LogP contribution is 2.66. The molecule has 1 N–H and O–H groups in total. The van der Waals surface area contributed by atoms with Crippen molar-refractivity contribution >= 4 is 5.78 Å². The molecule has 1 saturated heterocycles. The van der Waals surface area contributed by atoms with Gasteiger partial charge in [0.1, 0.15) is 5.67 Å². The van der Waals surface area contributed by atoms with Gasteiger partial charge in [-0.05, 0) is 112 Å².